The summed E-state index contributed by atoms with van der Waals surface area (Å²) in [5.74, 6) is -0.482. The number of piperidine rings is 1. The van der Waals surface area contributed by atoms with Crippen molar-refractivity contribution in [3.63, 3.8) is 0 Å². The van der Waals surface area contributed by atoms with Crippen LogP contribution in [0.15, 0.2) is 29.2 Å². The molecule has 5 rings (SSSR count). The molecule has 0 aliphatic carbocycles. The van der Waals surface area contributed by atoms with Crippen molar-refractivity contribution in [3.8, 4) is 11.1 Å². The average molecular weight is 516 g/mol. The topological polar surface area (TPSA) is 87.1 Å². The minimum absolute atomic E-state index is 0.0648. The maximum atomic E-state index is 15.4. The average Bonchev–Trinajstić information content (AvgIpc) is 3.41. The monoisotopic (exact) mass is 515 g/mol. The highest BCUT2D eigenvalue weighted by molar-refractivity contribution is 7.98. The SMILES string of the molecule is Cn1c(=O)c(-c2c(F)ccc(NSN3CCCC3)c2F)cc2cnc(NCCC3CCNCC3)nc21. The second-order valence-corrected chi connectivity index (χ2v) is 10.3. The maximum Gasteiger partial charge on any atom is 0.260 e. The van der Waals surface area contributed by atoms with Gasteiger partial charge in [0.25, 0.3) is 5.56 Å². The Bertz CT molecular complexity index is 1290. The largest absolute Gasteiger partial charge is 0.354 e. The van der Waals surface area contributed by atoms with E-state index in [9.17, 15) is 9.18 Å². The molecule has 3 N–H and O–H groups in total. The second-order valence-electron chi connectivity index (χ2n) is 9.42. The Morgan fingerprint density at radius 1 is 1.19 bits per heavy atom. The number of hydrogen-bond acceptors (Lipinski definition) is 8. The molecule has 36 heavy (non-hydrogen) atoms. The van der Waals surface area contributed by atoms with E-state index < -0.39 is 17.2 Å². The van der Waals surface area contributed by atoms with E-state index in [1.165, 1.54) is 34.9 Å². The van der Waals surface area contributed by atoms with Crippen molar-refractivity contribution >= 4 is 34.8 Å². The first-order chi connectivity index (χ1) is 17.5. The third kappa shape index (κ3) is 5.33. The van der Waals surface area contributed by atoms with E-state index >= 15 is 4.39 Å². The highest BCUT2D eigenvalue weighted by atomic mass is 32.2. The van der Waals surface area contributed by atoms with E-state index in [2.05, 4.69) is 29.6 Å². The maximum absolute atomic E-state index is 15.4. The molecular formula is C25H31F2N7OS. The molecule has 2 aliphatic heterocycles. The van der Waals surface area contributed by atoms with Gasteiger partial charge in [0, 0.05) is 50.4 Å². The van der Waals surface area contributed by atoms with Crippen LogP contribution in [0.1, 0.15) is 32.1 Å². The van der Waals surface area contributed by atoms with Gasteiger partial charge in [-0.1, -0.05) is 0 Å². The van der Waals surface area contributed by atoms with Gasteiger partial charge >= 0.3 is 0 Å². The summed E-state index contributed by atoms with van der Waals surface area (Å²) in [5, 5.41) is 7.14. The fourth-order valence-electron chi connectivity index (χ4n) is 4.84. The van der Waals surface area contributed by atoms with Crippen molar-refractivity contribution < 1.29 is 8.78 Å². The molecule has 0 radical (unpaired) electrons. The van der Waals surface area contributed by atoms with Crippen LogP contribution in [0.5, 0.6) is 0 Å². The van der Waals surface area contributed by atoms with Gasteiger partial charge in [0.15, 0.2) is 5.82 Å². The number of fused-ring (bicyclic) bond motifs is 1. The summed E-state index contributed by atoms with van der Waals surface area (Å²) < 4.78 is 36.7. The fourth-order valence-corrected chi connectivity index (χ4v) is 5.67. The third-order valence-electron chi connectivity index (χ3n) is 6.95. The molecule has 2 aromatic heterocycles. The van der Waals surface area contributed by atoms with Crippen LogP contribution in [0.3, 0.4) is 0 Å². The van der Waals surface area contributed by atoms with Crippen molar-refractivity contribution in [2.45, 2.75) is 32.1 Å². The number of hydrogen-bond donors (Lipinski definition) is 3. The molecule has 8 nitrogen and oxygen atoms in total. The van der Waals surface area contributed by atoms with E-state index in [0.717, 1.165) is 64.8 Å². The summed E-state index contributed by atoms with van der Waals surface area (Å²) in [6, 6.07) is 4.00. The van der Waals surface area contributed by atoms with Gasteiger partial charge in [0.05, 0.1) is 16.8 Å². The summed E-state index contributed by atoms with van der Waals surface area (Å²) in [6.07, 6.45) is 7.13. The highest BCUT2D eigenvalue weighted by Gasteiger charge is 2.22. The van der Waals surface area contributed by atoms with E-state index in [1.54, 1.807) is 13.2 Å². The molecule has 192 valence electrons. The molecule has 0 saturated carbocycles. The molecule has 3 aromatic rings. The summed E-state index contributed by atoms with van der Waals surface area (Å²) in [7, 11) is 1.56. The van der Waals surface area contributed by atoms with Gasteiger partial charge < -0.3 is 15.4 Å². The molecule has 2 aliphatic rings. The van der Waals surface area contributed by atoms with E-state index in [0.29, 0.717) is 22.9 Å². The molecule has 11 heteroatoms. The van der Waals surface area contributed by atoms with Crippen LogP contribution in [0.25, 0.3) is 22.2 Å². The van der Waals surface area contributed by atoms with E-state index in [1.807, 2.05) is 0 Å². The molecule has 0 amide bonds. The third-order valence-corrected chi connectivity index (χ3v) is 7.89. The van der Waals surface area contributed by atoms with Crippen LogP contribution in [0, 0.1) is 17.6 Å². The number of rotatable bonds is 8. The molecule has 2 fully saturated rings. The molecule has 0 unspecified atom stereocenters. The van der Waals surface area contributed by atoms with Crippen molar-refractivity contribution in [2.75, 3.05) is 42.8 Å². The zero-order valence-corrected chi connectivity index (χ0v) is 21.1. The highest BCUT2D eigenvalue weighted by Crippen LogP contribution is 2.32. The first kappa shape index (κ1) is 24.9. The van der Waals surface area contributed by atoms with Gasteiger partial charge in [-0.2, -0.15) is 4.98 Å². The van der Waals surface area contributed by atoms with Gasteiger partial charge in [0.1, 0.15) is 11.5 Å². The van der Waals surface area contributed by atoms with Crippen LogP contribution in [0.2, 0.25) is 0 Å². The minimum atomic E-state index is -0.796. The number of halogens is 2. The first-order valence-electron chi connectivity index (χ1n) is 12.5. The first-order valence-corrected chi connectivity index (χ1v) is 13.3. The molecule has 4 heterocycles. The van der Waals surface area contributed by atoms with Gasteiger partial charge in [-0.05, 0) is 69.3 Å². The van der Waals surface area contributed by atoms with Crippen molar-refractivity contribution in [2.24, 2.45) is 13.0 Å². The van der Waals surface area contributed by atoms with Gasteiger partial charge in [-0.15, -0.1) is 0 Å². The van der Waals surface area contributed by atoms with Gasteiger partial charge in [0.2, 0.25) is 5.95 Å². The molecule has 0 spiro atoms. The smallest absolute Gasteiger partial charge is 0.260 e. The number of benzene rings is 1. The Kier molecular flexibility index (Phi) is 7.68. The van der Waals surface area contributed by atoms with Crippen LogP contribution in [-0.2, 0) is 7.05 Å². The standard InChI is InChI=1S/C25H31F2N7OS/c1-33-23-17(15-30-25(31-23)29-11-8-16-6-9-28-10-7-16)14-18(24(33)35)21-19(26)4-5-20(22(21)27)32-36-34-12-2-3-13-34/h4-5,14-16,28,32H,2-3,6-13H2,1H3,(H,29,30,31). The summed E-state index contributed by atoms with van der Waals surface area (Å²) >= 11 is 1.30. The zero-order chi connectivity index (χ0) is 25.1. The summed E-state index contributed by atoms with van der Waals surface area (Å²) in [5.41, 5.74) is -0.402. The Labute approximate surface area is 213 Å². The summed E-state index contributed by atoms with van der Waals surface area (Å²) in [4.78, 5) is 22.1. The lowest BCUT2D eigenvalue weighted by Gasteiger charge is -2.22. The van der Waals surface area contributed by atoms with Crippen LogP contribution in [-0.4, -0.2) is 51.6 Å². The second kappa shape index (κ2) is 11.1. The predicted molar refractivity (Wildman–Crippen MR) is 141 cm³/mol. The van der Waals surface area contributed by atoms with Crippen LogP contribution >= 0.6 is 12.1 Å². The van der Waals surface area contributed by atoms with Crippen LogP contribution < -0.4 is 20.9 Å². The van der Waals surface area contributed by atoms with Crippen LogP contribution in [0.4, 0.5) is 20.4 Å². The normalized spacial score (nSPS) is 17.1. The number of anilines is 2. The Balaban J connectivity index is 1.39. The number of aryl methyl sites for hydroxylation is 1. The quantitative estimate of drug-likeness (QED) is 0.386. The van der Waals surface area contributed by atoms with Gasteiger partial charge in [-0.25, -0.2) is 18.1 Å². The fraction of sp³-hybridized carbons (Fsp3) is 0.480. The Morgan fingerprint density at radius 3 is 2.75 bits per heavy atom. The van der Waals surface area contributed by atoms with Crippen molar-refractivity contribution in [3.05, 3.63) is 46.4 Å². The zero-order valence-electron chi connectivity index (χ0n) is 20.3. The Morgan fingerprint density at radius 2 is 1.97 bits per heavy atom. The summed E-state index contributed by atoms with van der Waals surface area (Å²) in [6.45, 7) is 4.67. The number of aromatic nitrogens is 3. The molecular weight excluding hydrogens is 484 g/mol. The lowest BCUT2D eigenvalue weighted by Crippen LogP contribution is -2.28. The minimum Gasteiger partial charge on any atom is -0.354 e. The van der Waals surface area contributed by atoms with E-state index in [4.69, 9.17) is 0 Å². The lowest BCUT2D eigenvalue weighted by atomic mass is 9.95. The molecule has 0 bridgehead atoms. The number of nitrogens with zero attached hydrogens (tertiary/aromatic N) is 4. The van der Waals surface area contributed by atoms with Gasteiger partial charge in [-0.3, -0.25) is 9.36 Å². The van der Waals surface area contributed by atoms with Crippen molar-refractivity contribution in [1.82, 2.24) is 24.2 Å². The number of nitrogens with one attached hydrogen (secondary N) is 3. The molecule has 1 aromatic carbocycles. The van der Waals surface area contributed by atoms with E-state index in [-0.39, 0.29) is 16.8 Å². The Hall–Kier alpha value is -2.76. The predicted octanol–water partition coefficient (Wildman–Crippen LogP) is 4.15. The number of pyridine rings is 1. The lowest BCUT2D eigenvalue weighted by molar-refractivity contribution is 0.361. The molecule has 0 atom stereocenters. The molecule has 2 saturated heterocycles. The van der Waals surface area contributed by atoms with Crippen molar-refractivity contribution in [1.29, 1.82) is 0 Å².